The molecule has 0 atom stereocenters. The first-order valence-electron chi connectivity index (χ1n) is 5.30. The third-order valence-electron chi connectivity index (χ3n) is 2.29. The van der Waals surface area contributed by atoms with Crippen molar-refractivity contribution in [3.63, 3.8) is 0 Å². The van der Waals surface area contributed by atoms with Crippen molar-refractivity contribution >= 4 is 17.1 Å². The quantitative estimate of drug-likeness (QED) is 0.779. The summed E-state index contributed by atoms with van der Waals surface area (Å²) in [6.07, 6.45) is 1.81. The second-order valence-electron chi connectivity index (χ2n) is 3.72. The van der Waals surface area contributed by atoms with Crippen LogP contribution < -0.4 is 4.74 Å². The Morgan fingerprint density at radius 1 is 1.47 bits per heavy atom. The average molecular weight is 247 g/mol. The highest BCUT2D eigenvalue weighted by atomic mass is 32.1. The molecule has 0 aliphatic carbocycles. The number of benzene rings is 1. The minimum atomic E-state index is 0.0454. The standard InChI is InChI=1S/C13H13NO2S/c1-9(15)11-4-3-5-12(6-11)16-8-13-7-14-10(2)17-13/h3-7H,8H2,1-2H3. The zero-order valence-corrected chi connectivity index (χ0v) is 10.6. The van der Waals surface area contributed by atoms with Crippen molar-refractivity contribution in [3.05, 3.63) is 45.9 Å². The summed E-state index contributed by atoms with van der Waals surface area (Å²) in [6, 6.07) is 7.21. The molecule has 1 heterocycles. The second kappa shape index (κ2) is 5.10. The van der Waals surface area contributed by atoms with Gasteiger partial charge in [0.15, 0.2) is 5.78 Å². The van der Waals surface area contributed by atoms with Crippen LogP contribution in [0.15, 0.2) is 30.5 Å². The molecule has 88 valence electrons. The Morgan fingerprint density at radius 2 is 2.29 bits per heavy atom. The lowest BCUT2D eigenvalue weighted by atomic mass is 10.1. The molecule has 0 N–H and O–H groups in total. The maximum Gasteiger partial charge on any atom is 0.159 e. The fourth-order valence-corrected chi connectivity index (χ4v) is 2.14. The Labute approximate surface area is 104 Å². The van der Waals surface area contributed by atoms with Gasteiger partial charge in [0.25, 0.3) is 0 Å². The van der Waals surface area contributed by atoms with E-state index in [1.54, 1.807) is 30.4 Å². The van der Waals surface area contributed by atoms with Crippen LogP contribution in [-0.2, 0) is 6.61 Å². The van der Waals surface area contributed by atoms with Crippen LogP contribution in [0.1, 0.15) is 27.2 Å². The maximum atomic E-state index is 11.2. The first kappa shape index (κ1) is 11.8. The fourth-order valence-electron chi connectivity index (χ4n) is 1.43. The van der Waals surface area contributed by atoms with E-state index in [0.29, 0.717) is 17.9 Å². The molecular formula is C13H13NO2S. The summed E-state index contributed by atoms with van der Waals surface area (Å²) in [5.41, 5.74) is 0.669. The van der Waals surface area contributed by atoms with Crippen LogP contribution in [-0.4, -0.2) is 10.8 Å². The molecule has 0 unspecified atom stereocenters. The largest absolute Gasteiger partial charge is 0.488 e. The third-order valence-corrected chi connectivity index (χ3v) is 3.18. The highest BCUT2D eigenvalue weighted by Crippen LogP contribution is 2.18. The van der Waals surface area contributed by atoms with E-state index in [1.165, 1.54) is 0 Å². The molecule has 3 nitrogen and oxygen atoms in total. The van der Waals surface area contributed by atoms with Crippen molar-refractivity contribution in [1.82, 2.24) is 4.98 Å². The van der Waals surface area contributed by atoms with Gasteiger partial charge in [-0.25, -0.2) is 4.98 Å². The monoisotopic (exact) mass is 247 g/mol. The van der Waals surface area contributed by atoms with Gasteiger partial charge < -0.3 is 4.74 Å². The lowest BCUT2D eigenvalue weighted by Crippen LogP contribution is -1.96. The number of Topliss-reactive ketones (excluding diaryl/α,β-unsaturated/α-hetero) is 1. The van der Waals surface area contributed by atoms with Gasteiger partial charge in [-0.3, -0.25) is 4.79 Å². The van der Waals surface area contributed by atoms with Crippen LogP contribution in [0, 0.1) is 6.92 Å². The van der Waals surface area contributed by atoms with Gasteiger partial charge >= 0.3 is 0 Å². The molecule has 0 aliphatic heterocycles. The van der Waals surface area contributed by atoms with Crippen molar-refractivity contribution in [3.8, 4) is 5.75 Å². The van der Waals surface area contributed by atoms with Gasteiger partial charge in [-0.1, -0.05) is 12.1 Å². The zero-order valence-electron chi connectivity index (χ0n) is 9.77. The lowest BCUT2D eigenvalue weighted by Gasteiger charge is -2.05. The van der Waals surface area contributed by atoms with Crippen LogP contribution in [0.4, 0.5) is 0 Å². The topological polar surface area (TPSA) is 39.2 Å². The van der Waals surface area contributed by atoms with Crippen molar-refractivity contribution in [1.29, 1.82) is 0 Å². The molecule has 0 radical (unpaired) electrons. The number of carbonyl (C=O) groups excluding carboxylic acids is 1. The highest BCUT2D eigenvalue weighted by Gasteiger charge is 2.03. The number of aromatic nitrogens is 1. The van der Waals surface area contributed by atoms with Crippen molar-refractivity contribution in [2.75, 3.05) is 0 Å². The van der Waals surface area contributed by atoms with E-state index < -0.39 is 0 Å². The molecule has 17 heavy (non-hydrogen) atoms. The van der Waals surface area contributed by atoms with Crippen LogP contribution >= 0.6 is 11.3 Å². The summed E-state index contributed by atoms with van der Waals surface area (Å²) in [6.45, 7) is 4.00. The average Bonchev–Trinajstić information content (AvgIpc) is 2.73. The van der Waals surface area contributed by atoms with Gasteiger partial charge in [0, 0.05) is 11.8 Å². The molecule has 4 heteroatoms. The summed E-state index contributed by atoms with van der Waals surface area (Å²) in [5.74, 6) is 0.757. The Morgan fingerprint density at radius 3 is 2.94 bits per heavy atom. The summed E-state index contributed by atoms with van der Waals surface area (Å²) in [4.78, 5) is 16.5. The SMILES string of the molecule is CC(=O)c1cccc(OCc2cnc(C)s2)c1. The summed E-state index contributed by atoms with van der Waals surface area (Å²) in [7, 11) is 0. The van der Waals surface area contributed by atoms with E-state index >= 15 is 0 Å². The Bertz CT molecular complexity index is 534. The minimum Gasteiger partial charge on any atom is -0.488 e. The number of hydrogen-bond acceptors (Lipinski definition) is 4. The molecule has 0 amide bonds. The smallest absolute Gasteiger partial charge is 0.159 e. The van der Waals surface area contributed by atoms with Crippen LogP contribution in [0.3, 0.4) is 0 Å². The van der Waals surface area contributed by atoms with E-state index in [4.69, 9.17) is 4.74 Å². The zero-order chi connectivity index (χ0) is 12.3. The molecule has 0 saturated heterocycles. The van der Waals surface area contributed by atoms with Crippen LogP contribution in [0.25, 0.3) is 0 Å². The molecule has 2 rings (SSSR count). The number of aryl methyl sites for hydroxylation is 1. The molecular weight excluding hydrogens is 234 g/mol. The molecule has 0 fully saturated rings. The van der Waals surface area contributed by atoms with E-state index in [0.717, 1.165) is 9.88 Å². The van der Waals surface area contributed by atoms with Gasteiger partial charge in [0.1, 0.15) is 12.4 Å². The van der Waals surface area contributed by atoms with E-state index in [9.17, 15) is 4.79 Å². The fraction of sp³-hybridized carbons (Fsp3) is 0.231. The second-order valence-corrected chi connectivity index (χ2v) is 5.04. The summed E-state index contributed by atoms with van der Waals surface area (Å²) < 4.78 is 5.61. The first-order valence-corrected chi connectivity index (χ1v) is 6.12. The van der Waals surface area contributed by atoms with Gasteiger partial charge in [-0.05, 0) is 26.0 Å². The predicted molar refractivity (Wildman–Crippen MR) is 67.6 cm³/mol. The molecule has 1 aromatic carbocycles. The molecule has 0 bridgehead atoms. The number of ketones is 1. The maximum absolute atomic E-state index is 11.2. The molecule has 0 saturated carbocycles. The number of thiazole rings is 1. The number of carbonyl (C=O) groups is 1. The van der Waals surface area contributed by atoms with Crippen molar-refractivity contribution in [2.45, 2.75) is 20.5 Å². The van der Waals surface area contributed by atoms with Gasteiger partial charge in [-0.15, -0.1) is 11.3 Å². The third kappa shape index (κ3) is 3.14. The van der Waals surface area contributed by atoms with Crippen LogP contribution in [0.5, 0.6) is 5.75 Å². The minimum absolute atomic E-state index is 0.0454. The number of nitrogens with zero attached hydrogens (tertiary/aromatic N) is 1. The molecule has 0 aliphatic rings. The number of hydrogen-bond donors (Lipinski definition) is 0. The van der Waals surface area contributed by atoms with Gasteiger partial charge in [-0.2, -0.15) is 0 Å². The van der Waals surface area contributed by atoms with Gasteiger partial charge in [0.2, 0.25) is 0 Å². The molecule has 2 aromatic rings. The molecule has 1 aromatic heterocycles. The van der Waals surface area contributed by atoms with Crippen molar-refractivity contribution in [2.24, 2.45) is 0 Å². The number of ether oxygens (including phenoxy) is 1. The van der Waals surface area contributed by atoms with Gasteiger partial charge in [0.05, 0.1) is 9.88 Å². The number of rotatable bonds is 4. The normalized spacial score (nSPS) is 10.2. The summed E-state index contributed by atoms with van der Waals surface area (Å²) in [5, 5.41) is 1.03. The van der Waals surface area contributed by atoms with E-state index in [2.05, 4.69) is 4.98 Å². The lowest BCUT2D eigenvalue weighted by molar-refractivity contribution is 0.101. The van der Waals surface area contributed by atoms with E-state index in [-0.39, 0.29) is 5.78 Å². The predicted octanol–water partition coefficient (Wildman–Crippen LogP) is 3.23. The van der Waals surface area contributed by atoms with Crippen molar-refractivity contribution < 1.29 is 9.53 Å². The van der Waals surface area contributed by atoms with Crippen LogP contribution in [0.2, 0.25) is 0 Å². The summed E-state index contributed by atoms with van der Waals surface area (Å²) >= 11 is 1.61. The highest BCUT2D eigenvalue weighted by molar-refractivity contribution is 7.11. The van der Waals surface area contributed by atoms with E-state index in [1.807, 2.05) is 25.3 Å². The Kier molecular flexibility index (Phi) is 3.54. The Hall–Kier alpha value is -1.68. The Balaban J connectivity index is 2.04. The first-order chi connectivity index (χ1) is 8.15. The molecule has 0 spiro atoms.